The third-order valence-electron chi connectivity index (χ3n) is 10.1. The molecule has 1 unspecified atom stereocenters. The molecule has 2 aromatic carbocycles. The van der Waals surface area contributed by atoms with Gasteiger partial charge in [0.2, 0.25) is 11.8 Å². The van der Waals surface area contributed by atoms with Gasteiger partial charge in [0.1, 0.15) is 11.7 Å². The van der Waals surface area contributed by atoms with Crippen molar-refractivity contribution in [3.05, 3.63) is 70.5 Å². The van der Waals surface area contributed by atoms with Crippen LogP contribution in [0, 0.1) is 11.7 Å². The van der Waals surface area contributed by atoms with Crippen LogP contribution < -0.4 is 5.32 Å². The summed E-state index contributed by atoms with van der Waals surface area (Å²) in [4.78, 5) is 29.6. The minimum atomic E-state index is -4.95. The molecule has 252 valence electrons. The minimum Gasteiger partial charge on any atom is -0.350 e. The predicted octanol–water partition coefficient (Wildman–Crippen LogP) is 7.34. The molecule has 1 N–H and O–H groups in total. The molecule has 5 atom stereocenters. The summed E-state index contributed by atoms with van der Waals surface area (Å²) in [6.45, 7) is 5.19. The molecule has 5 nitrogen and oxygen atoms in total. The van der Waals surface area contributed by atoms with Crippen LogP contribution in [0.25, 0.3) is 0 Å². The van der Waals surface area contributed by atoms with Crippen LogP contribution in [0.1, 0.15) is 80.0 Å². The summed E-state index contributed by atoms with van der Waals surface area (Å²) in [6.07, 6.45) is -7.44. The number of nitrogens with one attached hydrogen (secondary N) is 1. The molecule has 0 aliphatic carbocycles. The van der Waals surface area contributed by atoms with Gasteiger partial charge in [-0.05, 0) is 85.9 Å². The second kappa shape index (κ2) is 13.0. The molecular weight excluding hydrogens is 639 g/mol. The van der Waals surface area contributed by atoms with Gasteiger partial charge in [0.05, 0.1) is 11.1 Å². The molecule has 5 rings (SSSR count). The van der Waals surface area contributed by atoms with Gasteiger partial charge >= 0.3 is 12.4 Å². The molecule has 0 bridgehead atoms. The number of alkyl halides is 7. The maximum Gasteiger partial charge on any atom is 0.416 e. The first-order valence-corrected chi connectivity index (χ1v) is 16.0. The highest BCUT2D eigenvalue weighted by molar-refractivity contribution is 6.27. The van der Waals surface area contributed by atoms with Crippen LogP contribution in [0.3, 0.4) is 0 Å². The van der Waals surface area contributed by atoms with Crippen LogP contribution in [0.5, 0.6) is 0 Å². The molecule has 3 heterocycles. The highest BCUT2D eigenvalue weighted by Gasteiger charge is 2.50. The lowest BCUT2D eigenvalue weighted by atomic mass is 9.76. The molecule has 3 aliphatic heterocycles. The second-order valence-corrected chi connectivity index (χ2v) is 13.6. The number of fused-ring (bicyclic) bond motifs is 1. The Hall–Kier alpha value is -2.86. The third kappa shape index (κ3) is 7.48. The number of nitrogens with zero attached hydrogens (tertiary/aromatic N) is 2. The Morgan fingerprint density at radius 2 is 1.61 bits per heavy atom. The predicted molar refractivity (Wildman–Crippen MR) is 159 cm³/mol. The van der Waals surface area contributed by atoms with E-state index in [1.165, 1.54) is 12.1 Å². The average molecular weight is 676 g/mol. The Balaban J connectivity index is 1.40. The fourth-order valence-electron chi connectivity index (χ4n) is 7.66. The van der Waals surface area contributed by atoms with Crippen molar-refractivity contribution >= 4 is 23.4 Å². The molecule has 3 saturated heterocycles. The number of benzene rings is 2. The lowest BCUT2D eigenvalue weighted by Crippen LogP contribution is -2.58. The number of hydrogen-bond donors (Lipinski definition) is 1. The van der Waals surface area contributed by atoms with E-state index in [1.807, 2.05) is 6.92 Å². The van der Waals surface area contributed by atoms with Gasteiger partial charge < -0.3 is 10.2 Å². The molecule has 2 amide bonds. The number of hydrogen-bond acceptors (Lipinski definition) is 3. The van der Waals surface area contributed by atoms with E-state index < -0.39 is 40.8 Å². The Labute approximate surface area is 268 Å². The number of carbonyl (C=O) groups is 2. The molecule has 13 heteroatoms. The van der Waals surface area contributed by atoms with Crippen molar-refractivity contribution in [2.75, 3.05) is 25.5 Å². The molecule has 0 aromatic heterocycles. The first-order valence-electron chi connectivity index (χ1n) is 15.4. The van der Waals surface area contributed by atoms with Crippen LogP contribution in [-0.4, -0.2) is 64.8 Å². The van der Waals surface area contributed by atoms with Crippen molar-refractivity contribution in [3.63, 3.8) is 0 Å². The maximum atomic E-state index is 13.9. The van der Waals surface area contributed by atoms with Gasteiger partial charge in [-0.15, -0.1) is 11.6 Å². The summed E-state index contributed by atoms with van der Waals surface area (Å²) in [7, 11) is 0. The Morgan fingerprint density at radius 1 is 1.02 bits per heavy atom. The summed E-state index contributed by atoms with van der Waals surface area (Å²) in [5, 5.41) is 2.98. The van der Waals surface area contributed by atoms with Crippen molar-refractivity contribution in [3.8, 4) is 0 Å². The van der Waals surface area contributed by atoms with Crippen LogP contribution >= 0.6 is 11.6 Å². The molecule has 3 aliphatic rings. The number of rotatable bonds is 7. The van der Waals surface area contributed by atoms with Crippen molar-refractivity contribution in [1.29, 1.82) is 0 Å². The Bertz CT molecular complexity index is 1390. The summed E-state index contributed by atoms with van der Waals surface area (Å²) in [6, 6.07) is 7.25. The van der Waals surface area contributed by atoms with Crippen molar-refractivity contribution in [1.82, 2.24) is 15.1 Å². The molecule has 2 aromatic rings. The summed E-state index contributed by atoms with van der Waals surface area (Å²) >= 11 is 5.68. The first-order chi connectivity index (χ1) is 21.5. The van der Waals surface area contributed by atoms with Gasteiger partial charge in [-0.1, -0.05) is 19.1 Å². The quantitative estimate of drug-likeness (QED) is 0.247. The number of likely N-dealkylation sites (tertiary alicyclic amines) is 1. The van der Waals surface area contributed by atoms with Crippen molar-refractivity contribution in [2.45, 2.75) is 87.8 Å². The van der Waals surface area contributed by atoms with Crippen molar-refractivity contribution in [2.24, 2.45) is 5.92 Å². The Morgan fingerprint density at radius 3 is 2.15 bits per heavy atom. The molecule has 0 radical (unpaired) electrons. The van der Waals surface area contributed by atoms with E-state index in [0.29, 0.717) is 38.9 Å². The average Bonchev–Trinajstić information content (AvgIpc) is 3.34. The number of carbonyl (C=O) groups excluding carboxylic acids is 2. The van der Waals surface area contributed by atoms with Gasteiger partial charge in [0, 0.05) is 49.6 Å². The van der Waals surface area contributed by atoms with Crippen LogP contribution in [0.2, 0.25) is 0 Å². The number of piperidine rings is 2. The summed E-state index contributed by atoms with van der Waals surface area (Å²) < 4.78 is 95.5. The fraction of sp³-hybridized carbons (Fsp3) is 0.576. The van der Waals surface area contributed by atoms with Gasteiger partial charge in [0.15, 0.2) is 0 Å². The van der Waals surface area contributed by atoms with Gasteiger partial charge in [0.25, 0.3) is 0 Å². The lowest BCUT2D eigenvalue weighted by Gasteiger charge is -2.46. The van der Waals surface area contributed by atoms with Gasteiger partial charge in [-0.2, -0.15) is 26.3 Å². The molecule has 0 spiro atoms. The monoisotopic (exact) mass is 675 g/mol. The first kappa shape index (κ1) is 34.5. The highest BCUT2D eigenvalue weighted by Crippen LogP contribution is 2.48. The van der Waals surface area contributed by atoms with E-state index in [1.54, 1.807) is 24.0 Å². The third-order valence-corrected chi connectivity index (χ3v) is 10.3. The smallest absolute Gasteiger partial charge is 0.350 e. The van der Waals surface area contributed by atoms with E-state index in [-0.39, 0.29) is 66.1 Å². The van der Waals surface area contributed by atoms with Gasteiger partial charge in [-0.25, -0.2) is 4.39 Å². The summed E-state index contributed by atoms with van der Waals surface area (Å²) in [5.41, 5.74) is -2.43. The maximum absolute atomic E-state index is 13.9. The number of halogens is 8. The largest absolute Gasteiger partial charge is 0.416 e. The van der Waals surface area contributed by atoms with Gasteiger partial charge in [-0.3, -0.25) is 14.5 Å². The van der Waals surface area contributed by atoms with Crippen LogP contribution in [-0.2, 0) is 21.9 Å². The topological polar surface area (TPSA) is 52.7 Å². The minimum absolute atomic E-state index is 0.0641. The second-order valence-electron chi connectivity index (χ2n) is 13.3. The fourth-order valence-corrected chi connectivity index (χ4v) is 7.73. The zero-order chi connectivity index (χ0) is 33.6. The molecule has 0 saturated carbocycles. The van der Waals surface area contributed by atoms with E-state index in [0.717, 1.165) is 17.7 Å². The van der Waals surface area contributed by atoms with E-state index >= 15 is 0 Å². The summed E-state index contributed by atoms with van der Waals surface area (Å²) in [5.74, 6) is -2.14. The normalized spacial score (nSPS) is 26.1. The van der Waals surface area contributed by atoms with E-state index in [9.17, 15) is 40.3 Å². The zero-order valence-electron chi connectivity index (χ0n) is 25.5. The van der Waals surface area contributed by atoms with Crippen LogP contribution in [0.4, 0.5) is 30.7 Å². The Kier molecular flexibility index (Phi) is 9.72. The van der Waals surface area contributed by atoms with E-state index in [4.69, 9.17) is 11.6 Å². The van der Waals surface area contributed by atoms with Crippen molar-refractivity contribution < 1.29 is 40.3 Å². The van der Waals surface area contributed by atoms with E-state index in [2.05, 4.69) is 10.2 Å². The molecule has 46 heavy (non-hydrogen) atoms. The molecular formula is C33H37ClF7N3O2. The lowest BCUT2D eigenvalue weighted by molar-refractivity contribution is -0.143. The number of amides is 2. The zero-order valence-corrected chi connectivity index (χ0v) is 26.3. The SMILES string of the molecule is C[C@@H](C[C@H]1CN2C(=O)CC(N3CCC(C)(NC(=O)CCl)CC3)C[C@H]2[C@@H]1c1ccc(F)cc1)c1cc(C(F)(F)F)cc(C(F)(F)F)c1. The highest BCUT2D eigenvalue weighted by atomic mass is 35.5. The van der Waals surface area contributed by atoms with Crippen LogP contribution in [0.15, 0.2) is 42.5 Å². The standard InChI is InChI=1S/C33H37ClF7N3O2/c1-19(21-12-23(32(36,37)38)14-24(13-21)33(39,40)41)11-22-18-44-27(30(22)20-3-5-25(35)6-4-20)15-26(16-29(44)46)43-9-7-31(2,8-10-43)42-28(45)17-34/h3-6,12-14,19,22,26-27,30H,7-11,15-18H2,1-2H3,(H,42,45)/t19-,22-,26?,27-,30+/m0/s1. The molecule has 3 fully saturated rings.